The predicted octanol–water partition coefficient (Wildman–Crippen LogP) is 5.37. The minimum absolute atomic E-state index is 0.235. The standard InChI is InChI=1S/C25H28N2O/c1-20(21-9-3-2-4-10-21)26-17-8-14-25(15-18-26)24-13-7-16-27(24)19-22-11-5-6-12-23(22)28-25/h2-7,9-13,16,20H,8,14-15,17-19H2,1H3. The SMILES string of the molecule is CC(c1ccccc1)N1CCCC2(CC1)Oc1ccccc1Cn1cccc12. The van der Waals surface area contributed by atoms with Crippen molar-refractivity contribution in [3.8, 4) is 5.75 Å². The molecule has 1 aromatic heterocycles. The van der Waals surface area contributed by atoms with Gasteiger partial charge in [0.2, 0.25) is 0 Å². The fourth-order valence-corrected chi connectivity index (χ4v) is 4.96. The molecule has 0 saturated carbocycles. The molecule has 0 aliphatic carbocycles. The van der Waals surface area contributed by atoms with Crippen molar-refractivity contribution in [2.45, 2.75) is 44.4 Å². The molecule has 3 heterocycles. The van der Waals surface area contributed by atoms with Crippen LogP contribution in [0.1, 0.15) is 49.0 Å². The van der Waals surface area contributed by atoms with E-state index in [2.05, 4.69) is 89.3 Å². The summed E-state index contributed by atoms with van der Waals surface area (Å²) in [6.45, 7) is 5.39. The van der Waals surface area contributed by atoms with Gasteiger partial charge in [0, 0.05) is 30.8 Å². The summed E-state index contributed by atoms with van der Waals surface area (Å²) in [6.07, 6.45) is 5.42. The number of likely N-dealkylation sites (tertiary alicyclic amines) is 1. The lowest BCUT2D eigenvalue weighted by molar-refractivity contribution is 0.0440. The summed E-state index contributed by atoms with van der Waals surface area (Å²) >= 11 is 0. The summed E-state index contributed by atoms with van der Waals surface area (Å²) < 4.78 is 9.23. The highest BCUT2D eigenvalue weighted by Gasteiger charge is 2.41. The third-order valence-corrected chi connectivity index (χ3v) is 6.57. The van der Waals surface area contributed by atoms with Crippen LogP contribution < -0.4 is 4.74 Å². The van der Waals surface area contributed by atoms with E-state index in [-0.39, 0.29) is 5.60 Å². The molecule has 2 atom stereocenters. The fraction of sp³-hybridized carbons (Fsp3) is 0.360. The molecule has 0 N–H and O–H groups in total. The molecule has 2 aromatic carbocycles. The number of rotatable bonds is 2. The van der Waals surface area contributed by atoms with Gasteiger partial charge in [-0.15, -0.1) is 0 Å². The Hall–Kier alpha value is -2.52. The molecule has 2 unspecified atom stereocenters. The Morgan fingerprint density at radius 1 is 0.893 bits per heavy atom. The maximum Gasteiger partial charge on any atom is 0.150 e. The quantitative estimate of drug-likeness (QED) is 0.601. The van der Waals surface area contributed by atoms with Crippen molar-refractivity contribution in [1.82, 2.24) is 9.47 Å². The average Bonchev–Trinajstić information content (AvgIpc) is 3.04. The number of aromatic nitrogens is 1. The van der Waals surface area contributed by atoms with Crippen molar-refractivity contribution in [1.29, 1.82) is 0 Å². The maximum absolute atomic E-state index is 6.84. The van der Waals surface area contributed by atoms with Gasteiger partial charge in [-0.1, -0.05) is 48.5 Å². The summed E-state index contributed by atoms with van der Waals surface area (Å²) in [5.74, 6) is 1.05. The van der Waals surface area contributed by atoms with Crippen LogP contribution in [-0.2, 0) is 12.1 Å². The van der Waals surface area contributed by atoms with Crippen LogP contribution in [-0.4, -0.2) is 22.6 Å². The highest BCUT2D eigenvalue weighted by molar-refractivity contribution is 5.38. The van der Waals surface area contributed by atoms with E-state index in [0.717, 1.165) is 44.6 Å². The molecule has 1 saturated heterocycles. The van der Waals surface area contributed by atoms with Crippen LogP contribution in [0.3, 0.4) is 0 Å². The first-order valence-corrected chi connectivity index (χ1v) is 10.5. The Kier molecular flexibility index (Phi) is 4.48. The van der Waals surface area contributed by atoms with E-state index in [1.54, 1.807) is 0 Å². The topological polar surface area (TPSA) is 17.4 Å². The summed E-state index contributed by atoms with van der Waals surface area (Å²) in [6, 6.07) is 24.3. The van der Waals surface area contributed by atoms with Crippen LogP contribution >= 0.6 is 0 Å². The van der Waals surface area contributed by atoms with E-state index in [1.807, 2.05) is 0 Å². The number of fused-ring (bicyclic) bond motifs is 3. The van der Waals surface area contributed by atoms with Crippen LogP contribution in [0.5, 0.6) is 5.75 Å². The lowest BCUT2D eigenvalue weighted by atomic mass is 9.90. The summed E-state index contributed by atoms with van der Waals surface area (Å²) in [7, 11) is 0. The van der Waals surface area contributed by atoms with Crippen LogP contribution in [0, 0.1) is 0 Å². The number of hydrogen-bond donors (Lipinski definition) is 0. The van der Waals surface area contributed by atoms with E-state index in [0.29, 0.717) is 6.04 Å². The Bertz CT molecular complexity index is 948. The lowest BCUT2D eigenvalue weighted by Crippen LogP contribution is -2.36. The van der Waals surface area contributed by atoms with Gasteiger partial charge in [0.25, 0.3) is 0 Å². The molecule has 3 aromatic rings. The molecule has 0 amide bonds. The van der Waals surface area contributed by atoms with Gasteiger partial charge in [-0.25, -0.2) is 0 Å². The highest BCUT2D eigenvalue weighted by Crippen LogP contribution is 2.42. The lowest BCUT2D eigenvalue weighted by Gasteiger charge is -2.34. The van der Waals surface area contributed by atoms with Crippen molar-refractivity contribution in [2.75, 3.05) is 13.1 Å². The van der Waals surface area contributed by atoms with Gasteiger partial charge >= 0.3 is 0 Å². The number of ether oxygens (including phenoxy) is 1. The second-order valence-corrected chi connectivity index (χ2v) is 8.20. The van der Waals surface area contributed by atoms with Gasteiger partial charge in [0.15, 0.2) is 0 Å². The molecule has 2 aliphatic heterocycles. The van der Waals surface area contributed by atoms with Gasteiger partial charge in [-0.3, -0.25) is 4.90 Å². The molecule has 1 fully saturated rings. The predicted molar refractivity (Wildman–Crippen MR) is 113 cm³/mol. The first kappa shape index (κ1) is 17.6. The van der Waals surface area contributed by atoms with Gasteiger partial charge in [-0.05, 0) is 50.1 Å². The Morgan fingerprint density at radius 3 is 2.61 bits per heavy atom. The van der Waals surface area contributed by atoms with Gasteiger partial charge in [-0.2, -0.15) is 0 Å². The van der Waals surface area contributed by atoms with Crippen LogP contribution in [0.2, 0.25) is 0 Å². The zero-order valence-electron chi connectivity index (χ0n) is 16.6. The molecular formula is C25H28N2O. The number of para-hydroxylation sites is 1. The smallest absolute Gasteiger partial charge is 0.150 e. The molecule has 0 bridgehead atoms. The minimum Gasteiger partial charge on any atom is -0.481 e. The molecule has 3 heteroatoms. The fourth-order valence-electron chi connectivity index (χ4n) is 4.96. The van der Waals surface area contributed by atoms with Crippen LogP contribution in [0.4, 0.5) is 0 Å². The molecular weight excluding hydrogens is 344 g/mol. The van der Waals surface area contributed by atoms with Crippen molar-refractivity contribution >= 4 is 0 Å². The molecule has 28 heavy (non-hydrogen) atoms. The van der Waals surface area contributed by atoms with E-state index >= 15 is 0 Å². The first-order chi connectivity index (χ1) is 13.8. The number of hydrogen-bond acceptors (Lipinski definition) is 2. The Balaban J connectivity index is 1.46. The zero-order chi connectivity index (χ0) is 19.0. The van der Waals surface area contributed by atoms with Crippen molar-refractivity contribution in [2.24, 2.45) is 0 Å². The minimum atomic E-state index is -0.235. The monoisotopic (exact) mass is 372 g/mol. The maximum atomic E-state index is 6.84. The second kappa shape index (κ2) is 7.14. The molecule has 1 spiro atoms. The highest BCUT2D eigenvalue weighted by atomic mass is 16.5. The molecule has 144 valence electrons. The van der Waals surface area contributed by atoms with Crippen LogP contribution in [0.15, 0.2) is 72.9 Å². The summed E-state index contributed by atoms with van der Waals surface area (Å²) in [4.78, 5) is 2.62. The van der Waals surface area contributed by atoms with E-state index in [9.17, 15) is 0 Å². The Labute approximate surface area is 167 Å². The second-order valence-electron chi connectivity index (χ2n) is 8.20. The van der Waals surface area contributed by atoms with Crippen molar-refractivity contribution in [3.05, 3.63) is 89.7 Å². The van der Waals surface area contributed by atoms with Crippen molar-refractivity contribution < 1.29 is 4.74 Å². The van der Waals surface area contributed by atoms with Gasteiger partial charge in [0.1, 0.15) is 11.4 Å². The van der Waals surface area contributed by atoms with Crippen molar-refractivity contribution in [3.63, 3.8) is 0 Å². The zero-order valence-corrected chi connectivity index (χ0v) is 16.6. The molecule has 0 radical (unpaired) electrons. The normalized spacial score (nSPS) is 23.2. The van der Waals surface area contributed by atoms with E-state index < -0.39 is 0 Å². The molecule has 5 rings (SSSR count). The Morgan fingerprint density at radius 2 is 1.71 bits per heavy atom. The largest absolute Gasteiger partial charge is 0.481 e. The third kappa shape index (κ3) is 3.04. The van der Waals surface area contributed by atoms with Crippen LogP contribution in [0.25, 0.3) is 0 Å². The summed E-state index contributed by atoms with van der Waals surface area (Å²) in [5, 5.41) is 0. The third-order valence-electron chi connectivity index (χ3n) is 6.57. The first-order valence-electron chi connectivity index (χ1n) is 10.5. The molecule has 3 nitrogen and oxygen atoms in total. The van der Waals surface area contributed by atoms with E-state index in [4.69, 9.17) is 4.74 Å². The average molecular weight is 373 g/mol. The van der Waals surface area contributed by atoms with Gasteiger partial charge in [0.05, 0.1) is 12.2 Å². The number of nitrogens with zero attached hydrogens (tertiary/aromatic N) is 2. The van der Waals surface area contributed by atoms with E-state index in [1.165, 1.54) is 16.8 Å². The van der Waals surface area contributed by atoms with Gasteiger partial charge < -0.3 is 9.30 Å². The molecule has 2 aliphatic rings. The number of benzene rings is 2. The summed E-state index contributed by atoms with van der Waals surface area (Å²) in [5.41, 5.74) is 3.77.